The van der Waals surface area contributed by atoms with Gasteiger partial charge in [-0.2, -0.15) is 0 Å². The normalized spacial score (nSPS) is 19.5. The summed E-state index contributed by atoms with van der Waals surface area (Å²) >= 11 is 3.44. The standard InChI is InChI=1S/C12H16BrNO/c1-14(8-12-9-15-12)7-6-10-2-4-11(13)5-3-10/h2-5,12H,6-9H2,1H3/t12-/m0/s1. The van der Waals surface area contributed by atoms with Gasteiger partial charge in [0, 0.05) is 17.6 Å². The Kier molecular flexibility index (Phi) is 3.78. The fourth-order valence-corrected chi connectivity index (χ4v) is 1.85. The number of hydrogen-bond acceptors (Lipinski definition) is 2. The van der Waals surface area contributed by atoms with Crippen LogP contribution in [-0.4, -0.2) is 37.7 Å². The van der Waals surface area contributed by atoms with Crippen molar-refractivity contribution >= 4 is 15.9 Å². The maximum Gasteiger partial charge on any atom is 0.0936 e. The molecule has 82 valence electrons. The van der Waals surface area contributed by atoms with Gasteiger partial charge in [0.25, 0.3) is 0 Å². The van der Waals surface area contributed by atoms with E-state index >= 15 is 0 Å². The maximum atomic E-state index is 5.20. The lowest BCUT2D eigenvalue weighted by molar-refractivity contribution is 0.287. The van der Waals surface area contributed by atoms with Gasteiger partial charge >= 0.3 is 0 Å². The largest absolute Gasteiger partial charge is 0.372 e. The molecule has 0 spiro atoms. The van der Waals surface area contributed by atoms with Crippen LogP contribution >= 0.6 is 15.9 Å². The first-order valence-electron chi connectivity index (χ1n) is 5.28. The monoisotopic (exact) mass is 269 g/mol. The molecule has 1 saturated heterocycles. The average Bonchev–Trinajstić information content (AvgIpc) is 3.01. The molecule has 0 bridgehead atoms. The molecule has 1 atom stereocenters. The van der Waals surface area contributed by atoms with Crippen molar-refractivity contribution in [2.75, 3.05) is 26.7 Å². The summed E-state index contributed by atoms with van der Waals surface area (Å²) in [6.07, 6.45) is 1.61. The molecule has 1 aliphatic rings. The number of likely N-dealkylation sites (N-methyl/N-ethyl adjacent to an activating group) is 1. The van der Waals surface area contributed by atoms with Gasteiger partial charge in [0.05, 0.1) is 12.7 Å². The zero-order chi connectivity index (χ0) is 10.7. The van der Waals surface area contributed by atoms with Crippen molar-refractivity contribution in [1.29, 1.82) is 0 Å². The van der Waals surface area contributed by atoms with E-state index in [1.54, 1.807) is 0 Å². The van der Waals surface area contributed by atoms with E-state index in [1.165, 1.54) is 5.56 Å². The molecular weight excluding hydrogens is 254 g/mol. The Balaban J connectivity index is 1.74. The number of hydrogen-bond donors (Lipinski definition) is 0. The molecule has 1 aromatic carbocycles. The molecule has 15 heavy (non-hydrogen) atoms. The van der Waals surface area contributed by atoms with Crippen LogP contribution in [0.1, 0.15) is 5.56 Å². The van der Waals surface area contributed by atoms with Crippen molar-refractivity contribution in [3.8, 4) is 0 Å². The van der Waals surface area contributed by atoms with Gasteiger partial charge in [0.2, 0.25) is 0 Å². The Bertz CT molecular complexity index is 308. The van der Waals surface area contributed by atoms with Crippen molar-refractivity contribution in [3.63, 3.8) is 0 Å². The lowest BCUT2D eigenvalue weighted by Gasteiger charge is -2.14. The molecule has 0 amide bonds. The highest BCUT2D eigenvalue weighted by atomic mass is 79.9. The third kappa shape index (κ3) is 3.93. The average molecular weight is 270 g/mol. The van der Waals surface area contributed by atoms with E-state index in [-0.39, 0.29) is 0 Å². The Morgan fingerprint density at radius 3 is 2.67 bits per heavy atom. The van der Waals surface area contributed by atoms with Gasteiger partial charge in [-0.05, 0) is 31.2 Å². The van der Waals surface area contributed by atoms with Gasteiger partial charge in [-0.1, -0.05) is 28.1 Å². The van der Waals surface area contributed by atoms with E-state index < -0.39 is 0 Å². The third-order valence-corrected chi connectivity index (χ3v) is 3.14. The van der Waals surface area contributed by atoms with E-state index in [9.17, 15) is 0 Å². The molecule has 2 rings (SSSR count). The number of halogens is 1. The number of nitrogens with zero attached hydrogens (tertiary/aromatic N) is 1. The zero-order valence-electron chi connectivity index (χ0n) is 8.95. The molecule has 0 aromatic heterocycles. The Morgan fingerprint density at radius 2 is 2.07 bits per heavy atom. The molecule has 3 heteroatoms. The summed E-state index contributed by atoms with van der Waals surface area (Å²) in [7, 11) is 2.15. The van der Waals surface area contributed by atoms with Crippen LogP contribution in [0, 0.1) is 0 Å². The highest BCUT2D eigenvalue weighted by molar-refractivity contribution is 9.10. The van der Waals surface area contributed by atoms with Crippen LogP contribution in [0.2, 0.25) is 0 Å². The zero-order valence-corrected chi connectivity index (χ0v) is 10.5. The Hall–Kier alpha value is -0.380. The molecule has 0 unspecified atom stereocenters. The summed E-state index contributed by atoms with van der Waals surface area (Å²) in [5, 5.41) is 0. The molecular formula is C12H16BrNO. The van der Waals surface area contributed by atoms with Gasteiger partial charge in [-0.3, -0.25) is 0 Å². The number of benzene rings is 1. The lowest BCUT2D eigenvalue weighted by atomic mass is 10.1. The number of rotatable bonds is 5. The Labute approximate surface area is 99.4 Å². The molecule has 1 aromatic rings. The summed E-state index contributed by atoms with van der Waals surface area (Å²) in [5.41, 5.74) is 1.39. The lowest BCUT2D eigenvalue weighted by Crippen LogP contribution is -2.25. The van der Waals surface area contributed by atoms with Crippen LogP contribution in [0.4, 0.5) is 0 Å². The van der Waals surface area contributed by atoms with Crippen molar-refractivity contribution in [1.82, 2.24) is 4.90 Å². The van der Waals surface area contributed by atoms with E-state index in [4.69, 9.17) is 4.74 Å². The molecule has 0 aliphatic carbocycles. The Morgan fingerprint density at radius 1 is 1.40 bits per heavy atom. The second-order valence-corrected chi connectivity index (χ2v) is 5.01. The number of ether oxygens (including phenoxy) is 1. The van der Waals surface area contributed by atoms with Crippen molar-refractivity contribution in [3.05, 3.63) is 34.3 Å². The summed E-state index contributed by atoms with van der Waals surface area (Å²) in [6.45, 7) is 3.11. The first-order chi connectivity index (χ1) is 7.24. The minimum absolute atomic E-state index is 0.500. The molecule has 1 heterocycles. The van der Waals surface area contributed by atoms with Crippen LogP contribution < -0.4 is 0 Å². The first kappa shape index (κ1) is 11.1. The predicted octanol–water partition coefficient (Wildman–Crippen LogP) is 2.32. The third-order valence-electron chi connectivity index (χ3n) is 2.61. The second-order valence-electron chi connectivity index (χ2n) is 4.09. The summed E-state index contributed by atoms with van der Waals surface area (Å²) < 4.78 is 6.34. The quantitative estimate of drug-likeness (QED) is 0.763. The first-order valence-corrected chi connectivity index (χ1v) is 6.08. The van der Waals surface area contributed by atoms with Crippen LogP contribution in [0.25, 0.3) is 0 Å². The van der Waals surface area contributed by atoms with Crippen molar-refractivity contribution in [2.45, 2.75) is 12.5 Å². The van der Waals surface area contributed by atoms with E-state index in [0.717, 1.165) is 30.6 Å². The smallest absolute Gasteiger partial charge is 0.0936 e. The van der Waals surface area contributed by atoms with Crippen molar-refractivity contribution < 1.29 is 4.74 Å². The van der Waals surface area contributed by atoms with Crippen molar-refractivity contribution in [2.24, 2.45) is 0 Å². The van der Waals surface area contributed by atoms with Gasteiger partial charge in [-0.25, -0.2) is 0 Å². The summed E-state index contributed by atoms with van der Waals surface area (Å²) in [5.74, 6) is 0. The summed E-state index contributed by atoms with van der Waals surface area (Å²) in [4.78, 5) is 2.33. The molecule has 0 N–H and O–H groups in total. The van der Waals surface area contributed by atoms with Gasteiger partial charge < -0.3 is 9.64 Å². The van der Waals surface area contributed by atoms with Crippen LogP contribution in [0.5, 0.6) is 0 Å². The minimum Gasteiger partial charge on any atom is -0.372 e. The fraction of sp³-hybridized carbons (Fsp3) is 0.500. The SMILES string of the molecule is CN(CCc1ccc(Br)cc1)C[C@H]1CO1. The minimum atomic E-state index is 0.500. The van der Waals surface area contributed by atoms with E-state index in [0.29, 0.717) is 6.10 Å². The van der Waals surface area contributed by atoms with Crippen LogP contribution in [-0.2, 0) is 11.2 Å². The summed E-state index contributed by atoms with van der Waals surface area (Å²) in [6, 6.07) is 8.54. The maximum absolute atomic E-state index is 5.20. The van der Waals surface area contributed by atoms with Gasteiger partial charge in [-0.15, -0.1) is 0 Å². The van der Waals surface area contributed by atoms with Crippen LogP contribution in [0.15, 0.2) is 28.7 Å². The fourth-order valence-electron chi connectivity index (χ4n) is 1.58. The highest BCUT2D eigenvalue weighted by Gasteiger charge is 2.23. The molecule has 1 fully saturated rings. The molecule has 1 aliphatic heterocycles. The molecule has 2 nitrogen and oxygen atoms in total. The van der Waals surface area contributed by atoms with Gasteiger partial charge in [0.1, 0.15) is 0 Å². The molecule has 0 radical (unpaired) electrons. The van der Waals surface area contributed by atoms with Gasteiger partial charge in [0.15, 0.2) is 0 Å². The highest BCUT2D eigenvalue weighted by Crippen LogP contribution is 2.12. The van der Waals surface area contributed by atoms with E-state index in [2.05, 4.69) is 52.1 Å². The second kappa shape index (κ2) is 5.10. The number of epoxide rings is 1. The van der Waals surface area contributed by atoms with E-state index in [1.807, 2.05) is 0 Å². The van der Waals surface area contributed by atoms with Crippen LogP contribution in [0.3, 0.4) is 0 Å². The predicted molar refractivity (Wildman–Crippen MR) is 65.1 cm³/mol. The molecule has 0 saturated carbocycles. The topological polar surface area (TPSA) is 15.8 Å².